The number of hydrogen-bond acceptors (Lipinski definition) is 4. The SMILES string of the molecule is CCNc1nc(C2CC2)nc(NC(C)C)c1C. The van der Waals surface area contributed by atoms with Gasteiger partial charge in [0.15, 0.2) is 0 Å². The van der Waals surface area contributed by atoms with Crippen LogP contribution in [0.5, 0.6) is 0 Å². The van der Waals surface area contributed by atoms with Gasteiger partial charge in [0.05, 0.1) is 0 Å². The number of nitrogens with zero attached hydrogens (tertiary/aromatic N) is 2. The zero-order valence-corrected chi connectivity index (χ0v) is 11.2. The Morgan fingerprint density at radius 1 is 1.24 bits per heavy atom. The normalized spacial score (nSPS) is 15.1. The van der Waals surface area contributed by atoms with Crippen LogP contribution in [-0.2, 0) is 0 Å². The minimum absolute atomic E-state index is 0.394. The Kier molecular flexibility index (Phi) is 3.50. The highest BCUT2D eigenvalue weighted by Gasteiger charge is 2.28. The maximum Gasteiger partial charge on any atom is 0.136 e. The molecule has 0 aromatic carbocycles. The molecule has 0 radical (unpaired) electrons. The Morgan fingerprint density at radius 3 is 2.41 bits per heavy atom. The smallest absolute Gasteiger partial charge is 0.136 e. The molecule has 0 spiro atoms. The molecular formula is C13H22N4. The lowest BCUT2D eigenvalue weighted by Gasteiger charge is -2.16. The molecule has 1 aromatic rings. The van der Waals surface area contributed by atoms with Crippen molar-refractivity contribution in [2.45, 2.75) is 52.5 Å². The largest absolute Gasteiger partial charge is 0.370 e. The van der Waals surface area contributed by atoms with E-state index < -0.39 is 0 Å². The lowest BCUT2D eigenvalue weighted by Crippen LogP contribution is -2.15. The molecular weight excluding hydrogens is 212 g/mol. The van der Waals surface area contributed by atoms with Crippen molar-refractivity contribution in [1.29, 1.82) is 0 Å². The van der Waals surface area contributed by atoms with Crippen LogP contribution in [0.4, 0.5) is 11.6 Å². The van der Waals surface area contributed by atoms with Crippen LogP contribution in [0.3, 0.4) is 0 Å². The summed E-state index contributed by atoms with van der Waals surface area (Å²) in [6.45, 7) is 9.31. The van der Waals surface area contributed by atoms with Gasteiger partial charge in [-0.1, -0.05) is 0 Å². The first kappa shape index (κ1) is 12.1. The summed E-state index contributed by atoms with van der Waals surface area (Å²) in [5, 5.41) is 6.73. The van der Waals surface area contributed by atoms with Gasteiger partial charge < -0.3 is 10.6 Å². The van der Waals surface area contributed by atoms with Gasteiger partial charge in [-0.05, 0) is 40.5 Å². The Hall–Kier alpha value is -1.32. The molecule has 1 heterocycles. The highest BCUT2D eigenvalue weighted by Crippen LogP contribution is 2.39. The summed E-state index contributed by atoms with van der Waals surface area (Å²) in [6.07, 6.45) is 2.46. The topological polar surface area (TPSA) is 49.8 Å². The van der Waals surface area contributed by atoms with E-state index in [9.17, 15) is 0 Å². The molecule has 0 aliphatic heterocycles. The van der Waals surface area contributed by atoms with Crippen LogP contribution in [-0.4, -0.2) is 22.6 Å². The first-order chi connectivity index (χ1) is 8.11. The van der Waals surface area contributed by atoms with E-state index in [1.54, 1.807) is 0 Å². The standard InChI is InChI=1S/C13H22N4/c1-5-14-11-9(4)12(15-8(2)3)17-13(16-11)10-6-7-10/h8,10H,5-7H2,1-4H3,(H2,14,15,16,17). The predicted octanol–water partition coefficient (Wildman–Crippen LogP) is 2.91. The Labute approximate surface area is 103 Å². The van der Waals surface area contributed by atoms with Gasteiger partial charge in [0.25, 0.3) is 0 Å². The van der Waals surface area contributed by atoms with E-state index in [-0.39, 0.29) is 0 Å². The lowest BCUT2D eigenvalue weighted by molar-refractivity contribution is 0.858. The maximum absolute atomic E-state index is 4.66. The van der Waals surface area contributed by atoms with Crippen LogP contribution in [0.15, 0.2) is 0 Å². The molecule has 1 aliphatic rings. The number of rotatable bonds is 5. The molecule has 1 fully saturated rings. The summed E-state index contributed by atoms with van der Waals surface area (Å²) >= 11 is 0. The molecule has 4 nitrogen and oxygen atoms in total. The third-order valence-corrected chi connectivity index (χ3v) is 2.88. The van der Waals surface area contributed by atoms with E-state index in [0.717, 1.165) is 29.6 Å². The van der Waals surface area contributed by atoms with Gasteiger partial charge in [-0.2, -0.15) is 0 Å². The zero-order chi connectivity index (χ0) is 12.4. The highest BCUT2D eigenvalue weighted by atomic mass is 15.1. The number of nitrogens with one attached hydrogen (secondary N) is 2. The molecule has 17 heavy (non-hydrogen) atoms. The molecule has 0 unspecified atom stereocenters. The zero-order valence-electron chi connectivity index (χ0n) is 11.2. The van der Waals surface area contributed by atoms with E-state index >= 15 is 0 Å². The summed E-state index contributed by atoms with van der Waals surface area (Å²) in [7, 11) is 0. The molecule has 0 saturated heterocycles. The fraction of sp³-hybridized carbons (Fsp3) is 0.692. The fourth-order valence-corrected chi connectivity index (χ4v) is 1.81. The van der Waals surface area contributed by atoms with Gasteiger partial charge in [0.1, 0.15) is 17.5 Å². The van der Waals surface area contributed by atoms with Crippen LogP contribution in [0.1, 0.15) is 50.9 Å². The number of aromatic nitrogens is 2. The minimum atomic E-state index is 0.394. The van der Waals surface area contributed by atoms with Gasteiger partial charge in [0, 0.05) is 24.1 Å². The van der Waals surface area contributed by atoms with E-state index in [1.807, 2.05) is 0 Å². The van der Waals surface area contributed by atoms with Crippen molar-refractivity contribution in [3.05, 3.63) is 11.4 Å². The minimum Gasteiger partial charge on any atom is -0.370 e. The molecule has 1 saturated carbocycles. The monoisotopic (exact) mass is 234 g/mol. The molecule has 1 aliphatic carbocycles. The Balaban J connectivity index is 2.33. The molecule has 2 rings (SSSR count). The van der Waals surface area contributed by atoms with Gasteiger partial charge in [0.2, 0.25) is 0 Å². The van der Waals surface area contributed by atoms with Crippen molar-refractivity contribution in [1.82, 2.24) is 9.97 Å². The van der Waals surface area contributed by atoms with Crippen molar-refractivity contribution < 1.29 is 0 Å². The molecule has 0 amide bonds. The first-order valence-corrected chi connectivity index (χ1v) is 6.50. The van der Waals surface area contributed by atoms with Crippen molar-refractivity contribution in [3.63, 3.8) is 0 Å². The van der Waals surface area contributed by atoms with E-state index in [0.29, 0.717) is 12.0 Å². The average Bonchev–Trinajstić information content (AvgIpc) is 3.07. The fourth-order valence-electron chi connectivity index (χ4n) is 1.81. The third kappa shape index (κ3) is 2.87. The van der Waals surface area contributed by atoms with E-state index in [2.05, 4.69) is 48.3 Å². The first-order valence-electron chi connectivity index (χ1n) is 6.50. The van der Waals surface area contributed by atoms with Crippen LogP contribution in [0, 0.1) is 6.92 Å². The van der Waals surface area contributed by atoms with Gasteiger partial charge in [-0.3, -0.25) is 0 Å². The molecule has 0 atom stereocenters. The summed E-state index contributed by atoms with van der Waals surface area (Å²) in [5.41, 5.74) is 1.12. The molecule has 0 bridgehead atoms. The van der Waals surface area contributed by atoms with Crippen LogP contribution >= 0.6 is 0 Å². The Bertz CT molecular complexity index is 397. The van der Waals surface area contributed by atoms with Crippen LogP contribution in [0.25, 0.3) is 0 Å². The van der Waals surface area contributed by atoms with Crippen molar-refractivity contribution in [3.8, 4) is 0 Å². The van der Waals surface area contributed by atoms with Crippen molar-refractivity contribution >= 4 is 11.6 Å². The van der Waals surface area contributed by atoms with Gasteiger partial charge in [-0.25, -0.2) is 9.97 Å². The average molecular weight is 234 g/mol. The summed E-state index contributed by atoms with van der Waals surface area (Å²) in [4.78, 5) is 9.28. The van der Waals surface area contributed by atoms with E-state index in [4.69, 9.17) is 0 Å². The maximum atomic E-state index is 4.66. The number of hydrogen-bond donors (Lipinski definition) is 2. The molecule has 94 valence electrons. The van der Waals surface area contributed by atoms with Crippen molar-refractivity contribution in [2.24, 2.45) is 0 Å². The lowest BCUT2D eigenvalue weighted by atomic mass is 10.2. The quantitative estimate of drug-likeness (QED) is 0.822. The van der Waals surface area contributed by atoms with Crippen LogP contribution in [0.2, 0.25) is 0 Å². The van der Waals surface area contributed by atoms with Gasteiger partial charge >= 0.3 is 0 Å². The molecule has 1 aromatic heterocycles. The third-order valence-electron chi connectivity index (χ3n) is 2.88. The molecule has 4 heteroatoms. The summed E-state index contributed by atoms with van der Waals surface area (Å²) in [6, 6.07) is 0.394. The van der Waals surface area contributed by atoms with E-state index in [1.165, 1.54) is 12.8 Å². The van der Waals surface area contributed by atoms with Crippen LogP contribution < -0.4 is 10.6 Å². The summed E-state index contributed by atoms with van der Waals surface area (Å²) in [5.74, 6) is 3.54. The predicted molar refractivity (Wildman–Crippen MR) is 71.7 cm³/mol. The highest BCUT2D eigenvalue weighted by molar-refractivity contribution is 5.57. The van der Waals surface area contributed by atoms with Crippen molar-refractivity contribution in [2.75, 3.05) is 17.2 Å². The summed E-state index contributed by atoms with van der Waals surface area (Å²) < 4.78 is 0. The number of anilines is 2. The second-order valence-corrected chi connectivity index (χ2v) is 5.01. The second-order valence-electron chi connectivity index (χ2n) is 5.01. The second kappa shape index (κ2) is 4.90. The molecule has 2 N–H and O–H groups in total. The Morgan fingerprint density at radius 2 is 1.88 bits per heavy atom. The van der Waals surface area contributed by atoms with Gasteiger partial charge in [-0.15, -0.1) is 0 Å².